The highest BCUT2D eigenvalue weighted by molar-refractivity contribution is 7.92. The van der Waals surface area contributed by atoms with E-state index in [9.17, 15) is 17.2 Å². The normalized spacial score (nSPS) is 25.9. The van der Waals surface area contributed by atoms with Gasteiger partial charge in [-0.2, -0.15) is 0 Å². The minimum Gasteiger partial charge on any atom is -0.368 e. The van der Waals surface area contributed by atoms with Crippen molar-refractivity contribution < 1.29 is 17.2 Å². The molecule has 3 nitrogen and oxygen atoms in total. The van der Waals surface area contributed by atoms with E-state index in [1.165, 1.54) is 5.69 Å². The maximum absolute atomic E-state index is 13.4. The van der Waals surface area contributed by atoms with Gasteiger partial charge in [0.05, 0.1) is 10.1 Å². The number of rotatable bonds is 4. The van der Waals surface area contributed by atoms with Gasteiger partial charge in [-0.25, -0.2) is 17.2 Å². The zero-order valence-electron chi connectivity index (χ0n) is 14.3. The number of para-hydroxylation sites is 1. The third-order valence-electron chi connectivity index (χ3n) is 5.67. The highest BCUT2D eigenvalue weighted by Gasteiger charge is 2.45. The summed E-state index contributed by atoms with van der Waals surface area (Å²) in [6.45, 7) is 0.984. The third-order valence-corrected chi connectivity index (χ3v) is 7.82. The molecule has 2 aromatic rings. The number of halogens is 2. The average Bonchev–Trinajstić information content (AvgIpc) is 3.02. The number of benzene rings is 2. The fourth-order valence-corrected chi connectivity index (χ4v) is 6.22. The lowest BCUT2D eigenvalue weighted by molar-refractivity contribution is 0.263. The Bertz CT molecular complexity index is 875. The highest BCUT2D eigenvalue weighted by Crippen LogP contribution is 2.43. The van der Waals surface area contributed by atoms with Gasteiger partial charge in [-0.05, 0) is 55.9 Å². The Labute approximate surface area is 152 Å². The third kappa shape index (κ3) is 3.11. The fraction of sp³-hybridized carbons (Fsp3) is 0.400. The van der Waals surface area contributed by atoms with Crippen LogP contribution in [0.25, 0.3) is 0 Å². The molecule has 0 N–H and O–H groups in total. The Morgan fingerprint density at radius 3 is 2.27 bits per heavy atom. The van der Waals surface area contributed by atoms with Crippen LogP contribution in [-0.4, -0.2) is 26.3 Å². The maximum atomic E-state index is 13.4. The molecule has 6 heteroatoms. The van der Waals surface area contributed by atoms with E-state index in [1.807, 2.05) is 18.2 Å². The molecule has 1 aliphatic carbocycles. The molecule has 0 radical (unpaired) electrons. The average molecular weight is 377 g/mol. The van der Waals surface area contributed by atoms with E-state index in [2.05, 4.69) is 17.0 Å². The van der Waals surface area contributed by atoms with Crippen molar-refractivity contribution in [2.75, 3.05) is 11.4 Å². The summed E-state index contributed by atoms with van der Waals surface area (Å²) >= 11 is 0. The van der Waals surface area contributed by atoms with Crippen LogP contribution in [-0.2, 0) is 9.84 Å². The molecule has 1 saturated carbocycles. The SMILES string of the molecule is O=S(=O)(c1cc(F)cc(F)c1)C1CC([C@@H]2CCCN2c2ccccc2)C1. The Morgan fingerprint density at radius 2 is 1.62 bits per heavy atom. The topological polar surface area (TPSA) is 37.4 Å². The van der Waals surface area contributed by atoms with E-state index in [4.69, 9.17) is 0 Å². The number of sulfone groups is 1. The first-order valence-electron chi connectivity index (χ1n) is 8.97. The van der Waals surface area contributed by atoms with Crippen molar-refractivity contribution in [2.45, 2.75) is 41.9 Å². The molecule has 2 aliphatic rings. The van der Waals surface area contributed by atoms with Crippen molar-refractivity contribution in [3.63, 3.8) is 0 Å². The summed E-state index contributed by atoms with van der Waals surface area (Å²) in [5.74, 6) is -1.41. The lowest BCUT2D eigenvalue weighted by Crippen LogP contribution is -2.46. The van der Waals surface area contributed by atoms with Gasteiger partial charge < -0.3 is 4.90 Å². The van der Waals surface area contributed by atoms with Crippen LogP contribution < -0.4 is 4.90 Å². The predicted molar refractivity (Wildman–Crippen MR) is 96.9 cm³/mol. The van der Waals surface area contributed by atoms with Crippen LogP contribution in [0.1, 0.15) is 25.7 Å². The van der Waals surface area contributed by atoms with Gasteiger partial charge in [-0.15, -0.1) is 0 Å². The minimum absolute atomic E-state index is 0.246. The molecular formula is C20H21F2NO2S. The highest BCUT2D eigenvalue weighted by atomic mass is 32.2. The Morgan fingerprint density at radius 1 is 0.962 bits per heavy atom. The molecule has 2 aromatic carbocycles. The quantitative estimate of drug-likeness (QED) is 0.802. The van der Waals surface area contributed by atoms with Crippen molar-refractivity contribution in [1.29, 1.82) is 0 Å². The Balaban J connectivity index is 1.48. The molecular weight excluding hydrogens is 356 g/mol. The summed E-state index contributed by atoms with van der Waals surface area (Å²) in [7, 11) is -3.69. The second-order valence-corrected chi connectivity index (χ2v) is 9.47. The van der Waals surface area contributed by atoms with Gasteiger partial charge in [0.25, 0.3) is 0 Å². The largest absolute Gasteiger partial charge is 0.368 e. The minimum atomic E-state index is -3.69. The molecule has 1 aliphatic heterocycles. The van der Waals surface area contributed by atoms with E-state index in [0.717, 1.165) is 31.5 Å². The van der Waals surface area contributed by atoms with E-state index in [1.54, 1.807) is 0 Å². The lowest BCUT2D eigenvalue weighted by atomic mass is 9.78. The predicted octanol–water partition coefficient (Wildman–Crippen LogP) is 4.19. The first-order chi connectivity index (χ1) is 12.4. The van der Waals surface area contributed by atoms with Gasteiger partial charge in [0.1, 0.15) is 11.6 Å². The molecule has 1 atom stereocenters. The summed E-state index contributed by atoms with van der Waals surface area (Å²) in [6, 6.07) is 13.0. The van der Waals surface area contributed by atoms with Crippen molar-refractivity contribution in [1.82, 2.24) is 0 Å². The molecule has 1 saturated heterocycles. The number of hydrogen-bond donors (Lipinski definition) is 0. The van der Waals surface area contributed by atoms with Gasteiger partial charge in [0.2, 0.25) is 0 Å². The van der Waals surface area contributed by atoms with Gasteiger partial charge in [-0.3, -0.25) is 0 Å². The van der Waals surface area contributed by atoms with Crippen LogP contribution in [0.2, 0.25) is 0 Å². The number of anilines is 1. The fourth-order valence-electron chi connectivity index (χ4n) is 4.28. The van der Waals surface area contributed by atoms with E-state index >= 15 is 0 Å². The van der Waals surface area contributed by atoms with Crippen LogP contribution in [0.5, 0.6) is 0 Å². The van der Waals surface area contributed by atoms with E-state index in [-0.39, 0.29) is 4.90 Å². The first-order valence-corrected chi connectivity index (χ1v) is 10.5. The second-order valence-electron chi connectivity index (χ2n) is 7.24. The molecule has 1 heterocycles. The Hall–Kier alpha value is -1.95. The zero-order valence-corrected chi connectivity index (χ0v) is 15.1. The monoisotopic (exact) mass is 377 g/mol. The molecule has 138 valence electrons. The van der Waals surface area contributed by atoms with E-state index in [0.29, 0.717) is 30.9 Å². The molecule has 0 amide bonds. The summed E-state index contributed by atoms with van der Waals surface area (Å²) in [4.78, 5) is 2.12. The zero-order chi connectivity index (χ0) is 18.3. The lowest BCUT2D eigenvalue weighted by Gasteiger charge is -2.42. The maximum Gasteiger partial charge on any atom is 0.181 e. The van der Waals surface area contributed by atoms with Crippen LogP contribution in [0.3, 0.4) is 0 Å². The van der Waals surface area contributed by atoms with Crippen LogP contribution in [0.4, 0.5) is 14.5 Å². The van der Waals surface area contributed by atoms with E-state index < -0.39 is 26.7 Å². The van der Waals surface area contributed by atoms with Crippen LogP contribution in [0, 0.1) is 17.6 Å². The summed E-state index contributed by atoms with van der Waals surface area (Å²) < 4.78 is 52.2. The summed E-state index contributed by atoms with van der Waals surface area (Å²) in [5.41, 5.74) is 1.17. The molecule has 2 fully saturated rings. The van der Waals surface area contributed by atoms with Gasteiger partial charge in [-0.1, -0.05) is 18.2 Å². The van der Waals surface area contributed by atoms with Gasteiger partial charge in [0.15, 0.2) is 9.84 Å². The standard InChI is InChI=1S/C20H21F2NO2S/c21-15-11-16(22)13-19(12-15)26(24,25)18-9-14(10-18)20-7-4-8-23(20)17-5-2-1-3-6-17/h1-3,5-6,11-14,18,20H,4,7-10H2/t14?,18?,20-/m0/s1. The summed E-state index contributed by atoms with van der Waals surface area (Å²) in [6.07, 6.45) is 3.26. The Kier molecular flexibility index (Phi) is 4.47. The van der Waals surface area contributed by atoms with Gasteiger partial charge in [0, 0.05) is 24.3 Å². The molecule has 0 unspecified atom stereocenters. The first kappa shape index (κ1) is 17.5. The van der Waals surface area contributed by atoms with Crippen molar-refractivity contribution in [3.05, 3.63) is 60.2 Å². The van der Waals surface area contributed by atoms with Crippen LogP contribution in [0.15, 0.2) is 53.4 Å². The number of nitrogens with zero attached hydrogens (tertiary/aromatic N) is 1. The molecule has 4 rings (SSSR count). The summed E-state index contributed by atoms with van der Waals surface area (Å²) in [5, 5.41) is -0.549. The molecule has 26 heavy (non-hydrogen) atoms. The van der Waals surface area contributed by atoms with Crippen molar-refractivity contribution in [2.24, 2.45) is 5.92 Å². The smallest absolute Gasteiger partial charge is 0.181 e. The van der Waals surface area contributed by atoms with Gasteiger partial charge >= 0.3 is 0 Å². The van der Waals surface area contributed by atoms with Crippen molar-refractivity contribution >= 4 is 15.5 Å². The second kappa shape index (κ2) is 6.65. The number of hydrogen-bond acceptors (Lipinski definition) is 3. The van der Waals surface area contributed by atoms with Crippen molar-refractivity contribution in [3.8, 4) is 0 Å². The molecule has 0 bridgehead atoms. The van der Waals surface area contributed by atoms with Crippen LogP contribution >= 0.6 is 0 Å². The molecule has 0 spiro atoms. The molecule has 0 aromatic heterocycles.